The van der Waals surface area contributed by atoms with E-state index in [-0.39, 0.29) is 19.4 Å². The Morgan fingerprint density at radius 1 is 1.03 bits per heavy atom. The minimum Gasteiger partial charge on any atom is -0.444 e. The highest BCUT2D eigenvalue weighted by atomic mass is 16.6. The Bertz CT molecular complexity index is 1080. The molecule has 2 unspecified atom stereocenters. The number of carbonyl (C=O) groups is 4. The van der Waals surface area contributed by atoms with Crippen LogP contribution in [0.2, 0.25) is 0 Å². The molecule has 0 saturated heterocycles. The van der Waals surface area contributed by atoms with Crippen molar-refractivity contribution < 1.29 is 29.0 Å². The zero-order chi connectivity index (χ0) is 27.6. The Morgan fingerprint density at radius 3 is 2.22 bits per heavy atom. The molecule has 4 amide bonds. The standard InChI is InChI=1S/C27H36N4O6/c1-18-10-8-9-13-20(18)29-24(34)23(19-11-6-5-7-12-19)31(16-17-32)25(35)21(14-15-22(28)33)30-26(36)37-27(2,3)4/h5-13,21,23,32H,14-17H2,1-4H3,(H2,28,33)(H,29,34)(H,30,36). The van der Waals surface area contributed by atoms with Gasteiger partial charge in [0.15, 0.2) is 0 Å². The predicted molar refractivity (Wildman–Crippen MR) is 139 cm³/mol. The van der Waals surface area contributed by atoms with Crippen LogP contribution in [0.5, 0.6) is 0 Å². The third-order valence-electron chi connectivity index (χ3n) is 5.37. The summed E-state index contributed by atoms with van der Waals surface area (Å²) in [5.74, 6) is -1.84. The molecule has 0 heterocycles. The lowest BCUT2D eigenvalue weighted by Crippen LogP contribution is -2.53. The van der Waals surface area contributed by atoms with Crippen LogP contribution in [0.1, 0.15) is 50.8 Å². The monoisotopic (exact) mass is 512 g/mol. The quantitative estimate of drug-likeness (QED) is 0.363. The van der Waals surface area contributed by atoms with Gasteiger partial charge < -0.3 is 31.1 Å². The summed E-state index contributed by atoms with van der Waals surface area (Å²) in [6, 6.07) is 13.5. The number of carbonyl (C=O) groups excluding carboxylic acids is 4. The van der Waals surface area contributed by atoms with E-state index in [2.05, 4.69) is 10.6 Å². The van der Waals surface area contributed by atoms with Crippen molar-refractivity contribution in [1.82, 2.24) is 10.2 Å². The fraction of sp³-hybridized carbons (Fsp3) is 0.407. The molecule has 2 aromatic carbocycles. The van der Waals surface area contributed by atoms with Gasteiger partial charge in [0.2, 0.25) is 11.8 Å². The molecular weight excluding hydrogens is 476 g/mol. The van der Waals surface area contributed by atoms with E-state index in [1.807, 2.05) is 19.1 Å². The summed E-state index contributed by atoms with van der Waals surface area (Å²) >= 11 is 0. The zero-order valence-electron chi connectivity index (χ0n) is 21.7. The minimum absolute atomic E-state index is 0.115. The number of nitrogens with zero attached hydrogens (tertiary/aromatic N) is 1. The molecule has 5 N–H and O–H groups in total. The first kappa shape index (κ1) is 29.3. The fourth-order valence-corrected chi connectivity index (χ4v) is 3.69. The van der Waals surface area contributed by atoms with Crippen molar-refractivity contribution in [2.75, 3.05) is 18.5 Å². The maximum atomic E-state index is 13.8. The van der Waals surface area contributed by atoms with Crippen molar-refractivity contribution in [2.45, 2.75) is 58.2 Å². The maximum absolute atomic E-state index is 13.8. The van der Waals surface area contributed by atoms with Crippen LogP contribution < -0.4 is 16.4 Å². The first-order valence-electron chi connectivity index (χ1n) is 12.0. The maximum Gasteiger partial charge on any atom is 0.408 e. The summed E-state index contributed by atoms with van der Waals surface area (Å²) in [4.78, 5) is 52.6. The molecule has 0 bridgehead atoms. The predicted octanol–water partition coefficient (Wildman–Crippen LogP) is 2.65. The van der Waals surface area contributed by atoms with E-state index in [0.29, 0.717) is 11.3 Å². The first-order valence-corrected chi connectivity index (χ1v) is 12.0. The lowest BCUT2D eigenvalue weighted by atomic mass is 10.0. The van der Waals surface area contributed by atoms with Crippen molar-refractivity contribution >= 4 is 29.5 Å². The van der Waals surface area contributed by atoms with Gasteiger partial charge >= 0.3 is 6.09 Å². The van der Waals surface area contributed by atoms with Crippen molar-refractivity contribution in [3.63, 3.8) is 0 Å². The number of aliphatic hydroxyl groups is 1. The van der Waals surface area contributed by atoms with Crippen LogP contribution in [0.25, 0.3) is 0 Å². The number of hydrogen-bond donors (Lipinski definition) is 4. The summed E-state index contributed by atoms with van der Waals surface area (Å²) in [5.41, 5.74) is 6.37. The first-order chi connectivity index (χ1) is 17.4. The number of para-hydroxylation sites is 1. The Kier molecular flexibility index (Phi) is 10.6. The number of benzene rings is 2. The van der Waals surface area contributed by atoms with E-state index in [0.717, 1.165) is 5.56 Å². The van der Waals surface area contributed by atoms with Gasteiger partial charge in [0.05, 0.1) is 6.61 Å². The van der Waals surface area contributed by atoms with E-state index in [1.54, 1.807) is 63.2 Å². The summed E-state index contributed by atoms with van der Waals surface area (Å²) in [5, 5.41) is 15.2. The van der Waals surface area contributed by atoms with Crippen LogP contribution in [0.4, 0.5) is 10.5 Å². The number of nitrogens with two attached hydrogens (primary N) is 1. The molecule has 10 heteroatoms. The van der Waals surface area contributed by atoms with Crippen molar-refractivity contribution in [3.05, 3.63) is 65.7 Å². The van der Waals surface area contributed by atoms with Gasteiger partial charge in [0, 0.05) is 18.7 Å². The largest absolute Gasteiger partial charge is 0.444 e. The summed E-state index contributed by atoms with van der Waals surface area (Å²) in [6.07, 6.45) is -1.17. The van der Waals surface area contributed by atoms with Gasteiger partial charge in [-0.15, -0.1) is 0 Å². The van der Waals surface area contributed by atoms with Gasteiger partial charge in [0.1, 0.15) is 17.7 Å². The number of primary amides is 1. The van der Waals surface area contributed by atoms with Gasteiger partial charge in [-0.2, -0.15) is 0 Å². The number of rotatable bonds is 11. The Labute approximate surface area is 217 Å². The molecule has 10 nitrogen and oxygen atoms in total. The third-order valence-corrected chi connectivity index (χ3v) is 5.37. The second kappa shape index (κ2) is 13.4. The molecule has 0 radical (unpaired) electrons. The average Bonchev–Trinajstić information content (AvgIpc) is 2.82. The molecular formula is C27H36N4O6. The van der Waals surface area contributed by atoms with Crippen molar-refractivity contribution in [3.8, 4) is 0 Å². The number of ether oxygens (including phenoxy) is 1. The second-order valence-electron chi connectivity index (χ2n) is 9.58. The molecule has 2 rings (SSSR count). The lowest BCUT2D eigenvalue weighted by molar-refractivity contribution is -0.141. The fourth-order valence-electron chi connectivity index (χ4n) is 3.69. The topological polar surface area (TPSA) is 151 Å². The Balaban J connectivity index is 2.46. The van der Waals surface area contributed by atoms with Gasteiger partial charge in [0.25, 0.3) is 5.91 Å². The molecule has 2 aromatic rings. The smallest absolute Gasteiger partial charge is 0.408 e. The van der Waals surface area contributed by atoms with Crippen LogP contribution in [-0.4, -0.2) is 58.6 Å². The lowest BCUT2D eigenvalue weighted by Gasteiger charge is -2.34. The van der Waals surface area contributed by atoms with E-state index >= 15 is 0 Å². The van der Waals surface area contributed by atoms with Crippen LogP contribution in [-0.2, 0) is 19.1 Å². The van der Waals surface area contributed by atoms with Crippen LogP contribution >= 0.6 is 0 Å². The molecule has 0 saturated carbocycles. The van der Waals surface area contributed by atoms with Crippen LogP contribution in [0, 0.1) is 6.92 Å². The molecule has 2 atom stereocenters. The SMILES string of the molecule is Cc1ccccc1NC(=O)C(c1ccccc1)N(CCO)C(=O)C(CCC(N)=O)NC(=O)OC(C)(C)C. The number of anilines is 1. The van der Waals surface area contributed by atoms with Gasteiger partial charge in [-0.3, -0.25) is 14.4 Å². The number of alkyl carbamates (subject to hydrolysis) is 1. The highest BCUT2D eigenvalue weighted by Gasteiger charge is 2.36. The summed E-state index contributed by atoms with van der Waals surface area (Å²) in [7, 11) is 0. The van der Waals surface area contributed by atoms with Gasteiger partial charge in [-0.25, -0.2) is 4.79 Å². The molecule has 0 aliphatic heterocycles. The van der Waals surface area contributed by atoms with E-state index in [9.17, 15) is 24.3 Å². The minimum atomic E-state index is -1.23. The molecule has 200 valence electrons. The Morgan fingerprint density at radius 2 is 1.65 bits per heavy atom. The number of aliphatic hydroxyl groups excluding tert-OH is 1. The number of nitrogens with one attached hydrogen (secondary N) is 2. The number of aryl methyl sites for hydroxylation is 1. The van der Waals surface area contributed by atoms with Gasteiger partial charge in [-0.05, 0) is 51.3 Å². The normalized spacial score (nSPS) is 12.7. The molecule has 0 aliphatic rings. The molecule has 0 aliphatic carbocycles. The number of hydrogen-bond acceptors (Lipinski definition) is 6. The van der Waals surface area contributed by atoms with Crippen molar-refractivity contribution in [2.24, 2.45) is 5.73 Å². The highest BCUT2D eigenvalue weighted by molar-refractivity contribution is 5.99. The molecule has 0 fully saturated rings. The van der Waals surface area contributed by atoms with Crippen molar-refractivity contribution in [1.29, 1.82) is 0 Å². The summed E-state index contributed by atoms with van der Waals surface area (Å²) in [6.45, 7) is 6.21. The molecule has 0 aromatic heterocycles. The van der Waals surface area contributed by atoms with Crippen LogP contribution in [0.3, 0.4) is 0 Å². The Hall–Kier alpha value is -3.92. The zero-order valence-corrected chi connectivity index (χ0v) is 21.7. The average molecular weight is 513 g/mol. The molecule has 37 heavy (non-hydrogen) atoms. The van der Waals surface area contributed by atoms with E-state index in [4.69, 9.17) is 10.5 Å². The van der Waals surface area contributed by atoms with E-state index < -0.39 is 48.1 Å². The van der Waals surface area contributed by atoms with E-state index in [1.165, 1.54) is 4.90 Å². The highest BCUT2D eigenvalue weighted by Crippen LogP contribution is 2.25. The summed E-state index contributed by atoms with van der Waals surface area (Å²) < 4.78 is 5.28. The third kappa shape index (κ3) is 9.23. The molecule has 0 spiro atoms. The van der Waals surface area contributed by atoms with Crippen LogP contribution in [0.15, 0.2) is 54.6 Å². The van der Waals surface area contributed by atoms with Gasteiger partial charge in [-0.1, -0.05) is 48.5 Å². The number of amides is 4. The second-order valence-corrected chi connectivity index (χ2v) is 9.58.